The normalized spacial score (nSPS) is 16.0. The highest BCUT2D eigenvalue weighted by Gasteiger charge is 2.19. The highest BCUT2D eigenvalue weighted by atomic mass is 16.5. The topological polar surface area (TPSA) is 58.6 Å². The molecule has 5 nitrogen and oxygen atoms in total. The van der Waals surface area contributed by atoms with Gasteiger partial charge in [0.25, 0.3) is 0 Å². The van der Waals surface area contributed by atoms with Crippen LogP contribution in [0.25, 0.3) is 0 Å². The average Bonchev–Trinajstić information content (AvgIpc) is 2.49. The summed E-state index contributed by atoms with van der Waals surface area (Å²) in [5, 5.41) is 3.34. The van der Waals surface area contributed by atoms with Crippen LogP contribution in [0.3, 0.4) is 0 Å². The van der Waals surface area contributed by atoms with Crippen LogP contribution in [-0.2, 0) is 14.3 Å². The maximum atomic E-state index is 12.4. The molecule has 1 rings (SSSR count). The number of hydrogen-bond donors (Lipinski definition) is 1. The number of piperidine rings is 1. The van der Waals surface area contributed by atoms with Crippen LogP contribution in [0.5, 0.6) is 0 Å². The third-order valence-electron chi connectivity index (χ3n) is 3.98. The Bertz CT molecular complexity index is 325. The van der Waals surface area contributed by atoms with Crippen LogP contribution in [0.2, 0.25) is 0 Å². The van der Waals surface area contributed by atoms with Crippen molar-refractivity contribution in [2.75, 3.05) is 33.3 Å². The first-order chi connectivity index (χ1) is 10.0. The predicted molar refractivity (Wildman–Crippen MR) is 82.9 cm³/mol. The van der Waals surface area contributed by atoms with E-state index in [1.165, 1.54) is 20.0 Å². The minimum atomic E-state index is -0.255. The summed E-state index contributed by atoms with van der Waals surface area (Å²) < 4.78 is 4.66. The van der Waals surface area contributed by atoms with Gasteiger partial charge in [-0.2, -0.15) is 0 Å². The monoisotopic (exact) mass is 298 g/mol. The zero-order chi connectivity index (χ0) is 15.7. The zero-order valence-electron chi connectivity index (χ0n) is 13.7. The van der Waals surface area contributed by atoms with Gasteiger partial charge in [0.15, 0.2) is 0 Å². The lowest BCUT2D eigenvalue weighted by atomic mass is 9.93. The molecular formula is C16H30N2O3. The molecule has 1 amide bonds. The molecule has 1 aliphatic rings. The highest BCUT2D eigenvalue weighted by molar-refractivity contribution is 5.77. The zero-order valence-corrected chi connectivity index (χ0v) is 13.7. The molecule has 0 unspecified atom stereocenters. The quantitative estimate of drug-likeness (QED) is 0.694. The molecule has 0 aromatic carbocycles. The summed E-state index contributed by atoms with van der Waals surface area (Å²) in [5.74, 6) is 0.989. The van der Waals surface area contributed by atoms with Crippen molar-refractivity contribution in [2.45, 2.75) is 46.0 Å². The number of amides is 1. The van der Waals surface area contributed by atoms with Gasteiger partial charge in [-0.15, -0.1) is 0 Å². The van der Waals surface area contributed by atoms with E-state index >= 15 is 0 Å². The van der Waals surface area contributed by atoms with Gasteiger partial charge in [0, 0.05) is 19.5 Å². The number of ether oxygens (including phenoxy) is 1. The summed E-state index contributed by atoms with van der Waals surface area (Å²) in [4.78, 5) is 25.5. The van der Waals surface area contributed by atoms with E-state index in [2.05, 4.69) is 23.9 Å². The number of hydrogen-bond acceptors (Lipinski definition) is 4. The maximum Gasteiger partial charge on any atom is 0.307 e. The number of nitrogens with one attached hydrogen (secondary N) is 1. The number of methoxy groups -OCH3 is 1. The summed E-state index contributed by atoms with van der Waals surface area (Å²) in [6, 6.07) is 0. The Balaban J connectivity index is 2.39. The third kappa shape index (κ3) is 7.46. The van der Waals surface area contributed by atoms with E-state index in [0.29, 0.717) is 31.3 Å². The first kappa shape index (κ1) is 18.0. The largest absolute Gasteiger partial charge is 0.469 e. The smallest absolute Gasteiger partial charge is 0.307 e. The molecule has 0 saturated carbocycles. The van der Waals surface area contributed by atoms with Crippen LogP contribution >= 0.6 is 0 Å². The van der Waals surface area contributed by atoms with Crippen molar-refractivity contribution >= 4 is 11.9 Å². The molecule has 1 heterocycles. The Morgan fingerprint density at radius 3 is 2.48 bits per heavy atom. The number of esters is 1. The molecule has 5 heteroatoms. The van der Waals surface area contributed by atoms with Crippen LogP contribution in [0.4, 0.5) is 0 Å². The standard InChI is InChI=1S/C16H30N2O3/c1-13(2)12-18(11-8-16(20)21-3)15(19)5-4-14-6-9-17-10-7-14/h13-14,17H,4-12H2,1-3H3. The van der Waals surface area contributed by atoms with E-state index in [4.69, 9.17) is 0 Å². The van der Waals surface area contributed by atoms with Gasteiger partial charge in [0.05, 0.1) is 13.5 Å². The molecule has 0 aromatic heterocycles. The van der Waals surface area contributed by atoms with E-state index in [0.717, 1.165) is 19.5 Å². The fraction of sp³-hybridized carbons (Fsp3) is 0.875. The van der Waals surface area contributed by atoms with Crippen LogP contribution in [0, 0.1) is 11.8 Å². The second-order valence-corrected chi connectivity index (χ2v) is 6.29. The summed E-state index contributed by atoms with van der Waals surface area (Å²) in [5.41, 5.74) is 0. The van der Waals surface area contributed by atoms with Crippen molar-refractivity contribution in [3.8, 4) is 0 Å². The molecule has 122 valence electrons. The van der Waals surface area contributed by atoms with Crippen LogP contribution in [0.1, 0.15) is 46.0 Å². The molecule has 0 aliphatic carbocycles. The Morgan fingerprint density at radius 2 is 1.90 bits per heavy atom. The second-order valence-electron chi connectivity index (χ2n) is 6.29. The van der Waals surface area contributed by atoms with E-state index < -0.39 is 0 Å². The first-order valence-corrected chi connectivity index (χ1v) is 8.08. The summed E-state index contributed by atoms with van der Waals surface area (Å²) >= 11 is 0. The van der Waals surface area contributed by atoms with Gasteiger partial charge in [0.2, 0.25) is 5.91 Å². The highest BCUT2D eigenvalue weighted by Crippen LogP contribution is 2.18. The third-order valence-corrected chi connectivity index (χ3v) is 3.98. The van der Waals surface area contributed by atoms with E-state index in [-0.39, 0.29) is 18.3 Å². The van der Waals surface area contributed by atoms with E-state index in [1.807, 2.05) is 4.90 Å². The van der Waals surface area contributed by atoms with Crippen molar-refractivity contribution in [1.29, 1.82) is 0 Å². The minimum absolute atomic E-state index is 0.172. The Kier molecular flexibility index (Phi) is 8.35. The van der Waals surface area contributed by atoms with Gasteiger partial charge >= 0.3 is 5.97 Å². The Morgan fingerprint density at radius 1 is 1.24 bits per heavy atom. The molecule has 1 N–H and O–H groups in total. The van der Waals surface area contributed by atoms with Crippen LogP contribution in [0.15, 0.2) is 0 Å². The SMILES string of the molecule is COC(=O)CCN(CC(C)C)C(=O)CCC1CCNCC1. The number of nitrogens with zero attached hydrogens (tertiary/aromatic N) is 1. The fourth-order valence-corrected chi connectivity index (χ4v) is 2.74. The fourth-order valence-electron chi connectivity index (χ4n) is 2.74. The lowest BCUT2D eigenvalue weighted by Gasteiger charge is -2.26. The summed E-state index contributed by atoms with van der Waals surface area (Å²) in [6.07, 6.45) is 4.17. The van der Waals surface area contributed by atoms with Gasteiger partial charge in [-0.25, -0.2) is 0 Å². The van der Waals surface area contributed by atoms with Gasteiger partial charge in [0.1, 0.15) is 0 Å². The number of rotatable bonds is 8. The summed E-state index contributed by atoms with van der Waals surface area (Å²) in [6.45, 7) is 7.49. The molecule has 21 heavy (non-hydrogen) atoms. The molecule has 0 spiro atoms. The van der Waals surface area contributed by atoms with E-state index in [1.54, 1.807) is 0 Å². The van der Waals surface area contributed by atoms with Gasteiger partial charge in [-0.05, 0) is 44.2 Å². The first-order valence-electron chi connectivity index (χ1n) is 8.08. The van der Waals surface area contributed by atoms with E-state index in [9.17, 15) is 9.59 Å². The van der Waals surface area contributed by atoms with Crippen LogP contribution in [-0.4, -0.2) is 50.1 Å². The van der Waals surface area contributed by atoms with Crippen molar-refractivity contribution in [1.82, 2.24) is 10.2 Å². The minimum Gasteiger partial charge on any atom is -0.469 e. The molecule has 1 aliphatic heterocycles. The maximum absolute atomic E-state index is 12.4. The van der Waals surface area contributed by atoms with Crippen molar-refractivity contribution in [2.24, 2.45) is 11.8 Å². The van der Waals surface area contributed by atoms with Crippen molar-refractivity contribution < 1.29 is 14.3 Å². The summed E-state index contributed by atoms with van der Waals surface area (Å²) in [7, 11) is 1.38. The lowest BCUT2D eigenvalue weighted by molar-refractivity contribution is -0.142. The Labute approximate surface area is 128 Å². The molecule has 0 atom stereocenters. The Hall–Kier alpha value is -1.10. The number of carbonyl (C=O) groups excluding carboxylic acids is 2. The van der Waals surface area contributed by atoms with Crippen LogP contribution < -0.4 is 5.32 Å². The molecule has 0 bridgehead atoms. The molecule has 0 aromatic rings. The lowest BCUT2D eigenvalue weighted by Crippen LogP contribution is -2.36. The molecule has 1 fully saturated rings. The molecule has 1 saturated heterocycles. The van der Waals surface area contributed by atoms with Crippen molar-refractivity contribution in [3.05, 3.63) is 0 Å². The second kappa shape index (κ2) is 9.77. The molecule has 0 radical (unpaired) electrons. The average molecular weight is 298 g/mol. The predicted octanol–water partition coefficient (Wildman–Crippen LogP) is 1.81. The van der Waals surface area contributed by atoms with Crippen molar-refractivity contribution in [3.63, 3.8) is 0 Å². The number of carbonyl (C=O) groups is 2. The molecular weight excluding hydrogens is 268 g/mol. The van der Waals surface area contributed by atoms with Gasteiger partial charge in [-0.3, -0.25) is 9.59 Å². The van der Waals surface area contributed by atoms with Gasteiger partial charge < -0.3 is 15.0 Å². The van der Waals surface area contributed by atoms with Gasteiger partial charge in [-0.1, -0.05) is 13.8 Å².